The molecule has 2 heterocycles. The van der Waals surface area contributed by atoms with E-state index in [1.165, 1.54) is 42.5 Å². The highest BCUT2D eigenvalue weighted by molar-refractivity contribution is 6.54. The standard InChI is InChI=1S/C30H21Cl3N4O5/c1-3-42-30(41)25-21(29(40)37(35-25)26-23(32)14-18(31)15-24(26)33)13-9-5-8-12-20-17(2)22(16-34)28(39)36(27(20)38)19-10-6-4-7-11-19/h4-15,38H,3H2,1-2H3/b9-5+,12-8+,21-13-. The Morgan fingerprint density at radius 1 is 1.10 bits per heavy atom. The van der Waals surface area contributed by atoms with Crippen LogP contribution in [0.15, 0.2) is 82.2 Å². The van der Waals surface area contributed by atoms with Gasteiger partial charge in [0.25, 0.3) is 11.5 Å². The third kappa shape index (κ3) is 5.87. The van der Waals surface area contributed by atoms with Crippen LogP contribution >= 0.6 is 34.8 Å². The number of rotatable bonds is 7. The van der Waals surface area contributed by atoms with Crippen molar-refractivity contribution in [3.05, 3.63) is 114 Å². The van der Waals surface area contributed by atoms with Crippen LogP contribution in [0.1, 0.15) is 23.6 Å². The minimum absolute atomic E-state index is 0.0506. The number of halogens is 3. The number of hydrogen-bond acceptors (Lipinski definition) is 7. The number of hydrogen-bond donors (Lipinski definition) is 1. The smallest absolute Gasteiger partial charge is 0.359 e. The molecule has 0 fully saturated rings. The Labute approximate surface area is 255 Å². The van der Waals surface area contributed by atoms with Crippen LogP contribution in [0.4, 0.5) is 5.69 Å². The molecule has 42 heavy (non-hydrogen) atoms. The molecule has 1 aliphatic heterocycles. The number of carbonyl (C=O) groups is 2. The minimum Gasteiger partial charge on any atom is -0.494 e. The summed E-state index contributed by atoms with van der Waals surface area (Å²) in [7, 11) is 0. The zero-order valence-corrected chi connectivity index (χ0v) is 24.4. The molecule has 1 amide bonds. The van der Waals surface area contributed by atoms with Gasteiger partial charge in [-0.25, -0.2) is 9.36 Å². The van der Waals surface area contributed by atoms with Crippen molar-refractivity contribution in [1.29, 1.82) is 5.26 Å². The monoisotopic (exact) mass is 622 g/mol. The van der Waals surface area contributed by atoms with Crippen LogP contribution in [0.5, 0.6) is 5.88 Å². The molecular weight excluding hydrogens is 603 g/mol. The van der Waals surface area contributed by atoms with Crippen molar-refractivity contribution >= 4 is 64.2 Å². The third-order valence-corrected chi connectivity index (χ3v) is 6.86. The molecule has 0 saturated heterocycles. The van der Waals surface area contributed by atoms with Crippen molar-refractivity contribution < 1.29 is 19.4 Å². The quantitative estimate of drug-likeness (QED) is 0.191. The molecule has 0 bridgehead atoms. The summed E-state index contributed by atoms with van der Waals surface area (Å²) in [6, 6.07) is 13.1. The first kappa shape index (κ1) is 30.3. The second-order valence-electron chi connectivity index (χ2n) is 8.65. The number of nitriles is 1. The van der Waals surface area contributed by atoms with E-state index in [0.29, 0.717) is 11.3 Å². The van der Waals surface area contributed by atoms with Crippen LogP contribution in [-0.2, 0) is 14.3 Å². The molecule has 0 unspecified atom stereocenters. The summed E-state index contributed by atoms with van der Waals surface area (Å²) in [5, 5.41) is 25.9. The lowest BCUT2D eigenvalue weighted by atomic mass is 10.0. The average Bonchev–Trinajstić information content (AvgIpc) is 3.26. The highest BCUT2D eigenvalue weighted by atomic mass is 35.5. The molecule has 0 spiro atoms. The number of benzene rings is 2. The Morgan fingerprint density at radius 3 is 2.38 bits per heavy atom. The van der Waals surface area contributed by atoms with E-state index in [-0.39, 0.29) is 55.7 Å². The summed E-state index contributed by atoms with van der Waals surface area (Å²) in [6.45, 7) is 3.23. The molecule has 0 radical (unpaired) electrons. The lowest BCUT2D eigenvalue weighted by Gasteiger charge is -2.15. The number of anilines is 1. The molecule has 0 aliphatic carbocycles. The normalized spacial score (nSPS) is 14.2. The highest BCUT2D eigenvalue weighted by Crippen LogP contribution is 2.39. The van der Waals surface area contributed by atoms with E-state index in [4.69, 9.17) is 39.5 Å². The predicted molar refractivity (Wildman–Crippen MR) is 162 cm³/mol. The van der Waals surface area contributed by atoms with Gasteiger partial charge in [-0.2, -0.15) is 15.4 Å². The number of para-hydroxylation sites is 1. The van der Waals surface area contributed by atoms with E-state index in [2.05, 4.69) is 5.10 Å². The summed E-state index contributed by atoms with van der Waals surface area (Å²) in [4.78, 5) is 38.8. The first-order chi connectivity index (χ1) is 20.1. The second kappa shape index (κ2) is 12.9. The number of hydrazone groups is 1. The second-order valence-corrected chi connectivity index (χ2v) is 9.90. The molecule has 9 nitrogen and oxygen atoms in total. The van der Waals surface area contributed by atoms with Crippen LogP contribution in [0.2, 0.25) is 15.1 Å². The topological polar surface area (TPSA) is 125 Å². The van der Waals surface area contributed by atoms with Crippen molar-refractivity contribution in [3.8, 4) is 17.6 Å². The predicted octanol–water partition coefficient (Wildman–Crippen LogP) is 6.15. The largest absolute Gasteiger partial charge is 0.494 e. The van der Waals surface area contributed by atoms with Crippen molar-refractivity contribution in [3.63, 3.8) is 0 Å². The van der Waals surface area contributed by atoms with E-state index < -0.39 is 17.4 Å². The van der Waals surface area contributed by atoms with Gasteiger partial charge in [-0.15, -0.1) is 0 Å². The Bertz CT molecular complexity index is 1800. The highest BCUT2D eigenvalue weighted by Gasteiger charge is 2.37. The summed E-state index contributed by atoms with van der Waals surface area (Å²) in [6.07, 6.45) is 7.40. The minimum atomic E-state index is -0.822. The van der Waals surface area contributed by atoms with Crippen LogP contribution in [0, 0.1) is 18.3 Å². The Morgan fingerprint density at radius 2 is 1.76 bits per heavy atom. The van der Waals surface area contributed by atoms with E-state index in [1.54, 1.807) is 44.2 Å². The van der Waals surface area contributed by atoms with Gasteiger partial charge in [0.1, 0.15) is 17.3 Å². The van der Waals surface area contributed by atoms with Crippen LogP contribution in [-0.4, -0.2) is 33.9 Å². The van der Waals surface area contributed by atoms with Gasteiger partial charge in [0, 0.05) is 10.6 Å². The SMILES string of the molecule is CCOC(=O)C1=NN(c2c(Cl)cc(Cl)cc2Cl)C(=O)\C1=C/C=C/C=C/c1c(C)c(C#N)c(=O)n(-c2ccccc2)c1O. The molecule has 1 aliphatic rings. The van der Waals surface area contributed by atoms with Gasteiger partial charge < -0.3 is 9.84 Å². The number of nitrogens with zero attached hydrogens (tertiary/aromatic N) is 4. The maximum absolute atomic E-state index is 13.3. The summed E-state index contributed by atoms with van der Waals surface area (Å²) < 4.78 is 6.12. The fourth-order valence-corrected chi connectivity index (χ4v) is 5.09. The molecule has 12 heteroatoms. The molecule has 1 N–H and O–H groups in total. The van der Waals surface area contributed by atoms with Gasteiger partial charge in [-0.1, -0.05) is 71.2 Å². The van der Waals surface area contributed by atoms with Gasteiger partial charge >= 0.3 is 5.97 Å². The summed E-state index contributed by atoms with van der Waals surface area (Å²) >= 11 is 18.5. The van der Waals surface area contributed by atoms with Crippen LogP contribution in [0.3, 0.4) is 0 Å². The van der Waals surface area contributed by atoms with E-state index in [0.717, 1.165) is 9.58 Å². The van der Waals surface area contributed by atoms with Crippen molar-refractivity contribution in [2.75, 3.05) is 11.6 Å². The number of aromatic nitrogens is 1. The molecular formula is C30H21Cl3N4O5. The fourth-order valence-electron chi connectivity index (χ4n) is 4.11. The average molecular weight is 624 g/mol. The summed E-state index contributed by atoms with van der Waals surface area (Å²) in [5.41, 5.74) is -0.109. The van der Waals surface area contributed by atoms with Crippen molar-refractivity contribution in [2.24, 2.45) is 5.10 Å². The maximum atomic E-state index is 13.3. The zero-order valence-electron chi connectivity index (χ0n) is 22.1. The first-order valence-electron chi connectivity index (χ1n) is 12.3. The van der Waals surface area contributed by atoms with Gasteiger partial charge in [0.05, 0.1) is 27.9 Å². The van der Waals surface area contributed by atoms with E-state index in [9.17, 15) is 24.8 Å². The Hall–Kier alpha value is -4.62. The fraction of sp³-hybridized carbons (Fsp3) is 0.100. The van der Waals surface area contributed by atoms with Gasteiger partial charge in [-0.3, -0.25) is 9.59 Å². The molecule has 4 rings (SSSR count). The molecule has 2 aromatic carbocycles. The molecule has 0 saturated carbocycles. The Balaban J connectivity index is 1.70. The molecule has 212 valence electrons. The summed E-state index contributed by atoms with van der Waals surface area (Å²) in [5.74, 6) is -1.85. The maximum Gasteiger partial charge on any atom is 0.359 e. The van der Waals surface area contributed by atoms with E-state index >= 15 is 0 Å². The van der Waals surface area contributed by atoms with Crippen molar-refractivity contribution in [2.45, 2.75) is 13.8 Å². The van der Waals surface area contributed by atoms with Gasteiger partial charge in [0.2, 0.25) is 5.88 Å². The van der Waals surface area contributed by atoms with E-state index in [1.807, 2.05) is 6.07 Å². The number of esters is 1. The van der Waals surface area contributed by atoms with Crippen molar-refractivity contribution in [1.82, 2.24) is 4.57 Å². The number of ether oxygens (including phenoxy) is 1. The number of carbonyl (C=O) groups excluding carboxylic acids is 2. The molecule has 1 aromatic heterocycles. The molecule has 3 aromatic rings. The number of pyridine rings is 1. The van der Waals surface area contributed by atoms with Gasteiger partial charge in [0.15, 0.2) is 5.71 Å². The number of amides is 1. The molecule has 0 atom stereocenters. The number of aromatic hydroxyl groups is 1. The zero-order chi connectivity index (χ0) is 30.6. The van der Waals surface area contributed by atoms with Gasteiger partial charge in [-0.05, 0) is 55.8 Å². The Kier molecular flexibility index (Phi) is 9.33. The first-order valence-corrected chi connectivity index (χ1v) is 13.5. The third-order valence-electron chi connectivity index (χ3n) is 6.06. The lowest BCUT2D eigenvalue weighted by Crippen LogP contribution is -2.23. The van der Waals surface area contributed by atoms with Crippen LogP contribution < -0.4 is 10.6 Å². The number of allylic oxidation sites excluding steroid dienone is 4. The lowest BCUT2D eigenvalue weighted by molar-refractivity contribution is -0.135. The van der Waals surface area contributed by atoms with Crippen LogP contribution in [0.25, 0.3) is 11.8 Å².